The number of rotatable bonds is 4. The van der Waals surface area contributed by atoms with Crippen molar-refractivity contribution in [2.75, 3.05) is 44.2 Å². The number of imidazole rings is 1. The minimum atomic E-state index is 0.0761. The first-order valence-corrected chi connectivity index (χ1v) is 13.5. The first-order chi connectivity index (χ1) is 18.7. The quantitative estimate of drug-likeness (QED) is 0.376. The molecule has 3 aromatic heterocycles. The van der Waals surface area contributed by atoms with Crippen molar-refractivity contribution in [1.29, 1.82) is 0 Å². The summed E-state index contributed by atoms with van der Waals surface area (Å²) >= 11 is 0. The van der Waals surface area contributed by atoms with Crippen LogP contribution in [0, 0.1) is 0 Å². The molecule has 8 heteroatoms. The number of nitrogens with zero attached hydrogens (tertiary/aromatic N) is 5. The molecule has 0 atom stereocenters. The van der Waals surface area contributed by atoms with Crippen LogP contribution >= 0.6 is 0 Å². The van der Waals surface area contributed by atoms with Gasteiger partial charge in [0.2, 0.25) is 0 Å². The van der Waals surface area contributed by atoms with Gasteiger partial charge in [-0.2, -0.15) is 5.10 Å². The molecule has 2 aromatic carbocycles. The van der Waals surface area contributed by atoms with Crippen LogP contribution in [0.25, 0.3) is 39.3 Å². The molecule has 5 aromatic rings. The summed E-state index contributed by atoms with van der Waals surface area (Å²) in [6.07, 6.45) is 5.55. The molecule has 8 nitrogen and oxygen atoms in total. The molecule has 2 aliphatic heterocycles. The minimum Gasteiger partial charge on any atom is -0.452 e. The predicted molar refractivity (Wildman–Crippen MR) is 148 cm³/mol. The molecule has 0 unspecified atom stereocenters. The molecule has 2 fully saturated rings. The summed E-state index contributed by atoms with van der Waals surface area (Å²) in [4.78, 5) is 21.8. The fourth-order valence-corrected chi connectivity index (χ4v) is 5.59. The van der Waals surface area contributed by atoms with Gasteiger partial charge in [0.25, 0.3) is 5.91 Å². The third-order valence-corrected chi connectivity index (χ3v) is 7.67. The topological polar surface area (TPSA) is 78.9 Å². The summed E-state index contributed by atoms with van der Waals surface area (Å²) in [5.74, 6) is 0.825. The average Bonchev–Trinajstić information content (AvgIpc) is 3.61. The third-order valence-electron chi connectivity index (χ3n) is 7.67. The number of hydrogen-bond acceptors (Lipinski definition) is 6. The van der Waals surface area contributed by atoms with E-state index in [1.54, 1.807) is 0 Å². The zero-order valence-electron chi connectivity index (χ0n) is 21.3. The molecule has 0 aliphatic carbocycles. The van der Waals surface area contributed by atoms with E-state index in [1.807, 2.05) is 52.0 Å². The summed E-state index contributed by atoms with van der Waals surface area (Å²) in [5.41, 5.74) is 6.10. The number of furan rings is 1. The molecule has 0 bridgehead atoms. The maximum absolute atomic E-state index is 12.8. The minimum absolute atomic E-state index is 0.0761. The third kappa shape index (κ3) is 4.11. The van der Waals surface area contributed by atoms with Crippen LogP contribution in [0.15, 0.2) is 71.3 Å². The van der Waals surface area contributed by atoms with Crippen LogP contribution in [-0.2, 0) is 0 Å². The molecule has 7 rings (SSSR count). The maximum Gasteiger partial charge on any atom is 0.253 e. The Balaban J connectivity index is 1.21. The van der Waals surface area contributed by atoms with Crippen molar-refractivity contribution in [3.63, 3.8) is 0 Å². The van der Waals surface area contributed by atoms with Gasteiger partial charge in [0.15, 0.2) is 17.0 Å². The number of benzene rings is 2. The lowest BCUT2D eigenvalue weighted by Gasteiger charge is -2.28. The molecule has 0 saturated carbocycles. The van der Waals surface area contributed by atoms with Crippen molar-refractivity contribution >= 4 is 28.2 Å². The molecule has 38 heavy (non-hydrogen) atoms. The second-order valence-electron chi connectivity index (χ2n) is 10.1. The van der Waals surface area contributed by atoms with Crippen LogP contribution in [0.3, 0.4) is 0 Å². The monoisotopic (exact) mass is 506 g/mol. The van der Waals surface area contributed by atoms with Crippen LogP contribution in [-0.4, -0.2) is 64.7 Å². The smallest absolute Gasteiger partial charge is 0.253 e. The zero-order chi connectivity index (χ0) is 25.5. The van der Waals surface area contributed by atoms with Gasteiger partial charge in [0.05, 0.1) is 17.6 Å². The van der Waals surface area contributed by atoms with E-state index in [9.17, 15) is 4.79 Å². The highest BCUT2D eigenvalue weighted by molar-refractivity contribution is 5.95. The molecule has 192 valence electrons. The standard InChI is InChI=1S/C30H30N6O2/c37-30(35-17-13-31-14-18-35)22-9-7-21(8-10-22)24-11-12-28-32-20-26(36(28)33-24)27-19-23-5-4-6-25(29(23)38-27)34-15-2-1-3-16-34/h4-12,19-20,31H,1-3,13-18H2. The van der Waals surface area contributed by atoms with Gasteiger partial charge in [0, 0.05) is 55.8 Å². The van der Waals surface area contributed by atoms with Crippen molar-refractivity contribution in [2.45, 2.75) is 19.3 Å². The lowest BCUT2D eigenvalue weighted by atomic mass is 10.1. The summed E-state index contributed by atoms with van der Waals surface area (Å²) in [6.45, 7) is 5.29. The van der Waals surface area contributed by atoms with Crippen LogP contribution in [0.1, 0.15) is 29.6 Å². The Morgan fingerprint density at radius 1 is 0.895 bits per heavy atom. The number of carbonyl (C=O) groups is 1. The number of amides is 1. The van der Waals surface area contributed by atoms with Crippen molar-refractivity contribution in [3.05, 3.63) is 72.4 Å². The first-order valence-electron chi connectivity index (χ1n) is 13.5. The number of nitrogens with one attached hydrogen (secondary N) is 1. The zero-order valence-corrected chi connectivity index (χ0v) is 21.3. The van der Waals surface area contributed by atoms with Crippen molar-refractivity contribution in [1.82, 2.24) is 24.8 Å². The van der Waals surface area contributed by atoms with Crippen molar-refractivity contribution < 1.29 is 9.21 Å². The van der Waals surface area contributed by atoms with Crippen LogP contribution in [0.5, 0.6) is 0 Å². The van der Waals surface area contributed by atoms with Gasteiger partial charge < -0.3 is 19.5 Å². The van der Waals surface area contributed by atoms with E-state index in [0.29, 0.717) is 5.56 Å². The van der Waals surface area contributed by atoms with Crippen molar-refractivity contribution in [3.8, 4) is 22.7 Å². The molecule has 2 saturated heterocycles. The average molecular weight is 507 g/mol. The summed E-state index contributed by atoms with van der Waals surface area (Å²) in [6, 6.07) is 20.1. The number of aromatic nitrogens is 3. The Labute approximate surface area is 220 Å². The Morgan fingerprint density at radius 2 is 1.71 bits per heavy atom. The molecule has 0 radical (unpaired) electrons. The van der Waals surface area contributed by atoms with E-state index in [1.165, 1.54) is 19.3 Å². The number of piperazine rings is 1. The van der Waals surface area contributed by atoms with Gasteiger partial charge in [-0.1, -0.05) is 24.3 Å². The summed E-state index contributed by atoms with van der Waals surface area (Å²) in [7, 11) is 0. The lowest BCUT2D eigenvalue weighted by Crippen LogP contribution is -2.46. The van der Waals surface area contributed by atoms with Gasteiger partial charge in [-0.15, -0.1) is 0 Å². The fourth-order valence-electron chi connectivity index (χ4n) is 5.59. The Hall–Kier alpha value is -4.17. The summed E-state index contributed by atoms with van der Waals surface area (Å²) in [5, 5.41) is 9.28. The molecule has 5 heterocycles. The molecule has 0 spiro atoms. The van der Waals surface area contributed by atoms with Gasteiger partial charge in [-0.3, -0.25) is 4.79 Å². The Kier molecular flexibility index (Phi) is 5.81. The van der Waals surface area contributed by atoms with Crippen LogP contribution in [0.4, 0.5) is 5.69 Å². The van der Waals surface area contributed by atoms with Gasteiger partial charge in [-0.05, 0) is 55.7 Å². The number of piperidine rings is 1. The fraction of sp³-hybridized carbons (Fsp3) is 0.300. The van der Waals surface area contributed by atoms with E-state index in [4.69, 9.17) is 9.52 Å². The van der Waals surface area contributed by atoms with E-state index in [0.717, 1.165) is 84.3 Å². The molecular weight excluding hydrogens is 476 g/mol. The van der Waals surface area contributed by atoms with Gasteiger partial charge in [0.1, 0.15) is 5.69 Å². The number of fused-ring (bicyclic) bond motifs is 2. The van der Waals surface area contributed by atoms with Crippen LogP contribution in [0.2, 0.25) is 0 Å². The van der Waals surface area contributed by atoms with E-state index < -0.39 is 0 Å². The highest BCUT2D eigenvalue weighted by atomic mass is 16.3. The summed E-state index contributed by atoms with van der Waals surface area (Å²) < 4.78 is 8.30. The largest absolute Gasteiger partial charge is 0.452 e. The molecule has 1 amide bonds. The molecule has 2 aliphatic rings. The molecule has 1 N–H and O–H groups in total. The SMILES string of the molecule is O=C(c1ccc(-c2ccc3ncc(-c4cc5cccc(N6CCCCC6)c5o4)n3n2)cc1)N1CCNCC1. The maximum atomic E-state index is 12.8. The van der Waals surface area contributed by atoms with E-state index >= 15 is 0 Å². The highest BCUT2D eigenvalue weighted by Gasteiger charge is 2.20. The Morgan fingerprint density at radius 3 is 2.53 bits per heavy atom. The number of carbonyl (C=O) groups excluding carboxylic acids is 1. The van der Waals surface area contributed by atoms with Crippen LogP contribution < -0.4 is 10.2 Å². The predicted octanol–water partition coefficient (Wildman–Crippen LogP) is 4.85. The Bertz CT molecular complexity index is 1610. The first kappa shape index (κ1) is 23.0. The van der Waals surface area contributed by atoms with Gasteiger partial charge >= 0.3 is 0 Å². The normalized spacial score (nSPS) is 16.4. The van der Waals surface area contributed by atoms with Crippen molar-refractivity contribution in [2.24, 2.45) is 0 Å². The number of anilines is 1. The van der Waals surface area contributed by atoms with Gasteiger partial charge in [-0.25, -0.2) is 9.50 Å². The van der Waals surface area contributed by atoms with E-state index in [-0.39, 0.29) is 5.91 Å². The number of para-hydroxylation sites is 1. The molecular formula is C30H30N6O2. The highest BCUT2D eigenvalue weighted by Crippen LogP contribution is 2.35. The lowest BCUT2D eigenvalue weighted by molar-refractivity contribution is 0.0736. The second kappa shape index (κ2) is 9.61. The number of hydrogen-bond donors (Lipinski definition) is 1. The second-order valence-corrected chi connectivity index (χ2v) is 10.1. The van der Waals surface area contributed by atoms with E-state index in [2.05, 4.69) is 39.5 Å².